The van der Waals surface area contributed by atoms with Gasteiger partial charge in [0.2, 0.25) is 0 Å². The number of aromatic nitrogens is 2. The van der Waals surface area contributed by atoms with E-state index in [1.165, 1.54) is 11.6 Å². The minimum Gasteiger partial charge on any atom is -0.323 e. The van der Waals surface area contributed by atoms with Crippen LogP contribution in [-0.4, -0.2) is 9.55 Å². The summed E-state index contributed by atoms with van der Waals surface area (Å²) < 4.78 is 30.5. The van der Waals surface area contributed by atoms with Gasteiger partial charge in [0.25, 0.3) is 5.92 Å². The van der Waals surface area contributed by atoms with E-state index in [-0.39, 0.29) is 5.56 Å². The predicted octanol–water partition coefficient (Wildman–Crippen LogP) is 6.99. The summed E-state index contributed by atoms with van der Waals surface area (Å²) in [5.41, 5.74) is 5.84. The zero-order valence-corrected chi connectivity index (χ0v) is 17.9. The lowest BCUT2D eigenvalue weighted by molar-refractivity contribution is 0.0164. The van der Waals surface area contributed by atoms with E-state index in [9.17, 15) is 8.78 Å². The molecule has 0 bridgehead atoms. The third-order valence-electron chi connectivity index (χ3n) is 5.70. The fraction of sp³-hybridized carbons (Fsp3) is 0.222. The SMILES string of the molecule is C=Cc1ccc2c(c1)nc(Cc1ccc(CC)cc1)n2Cc1ccccc1C(C)(F)F. The van der Waals surface area contributed by atoms with Crippen LogP contribution in [0.4, 0.5) is 8.78 Å². The Hall–Kier alpha value is -3.27. The molecule has 0 saturated heterocycles. The van der Waals surface area contributed by atoms with Crippen LogP contribution in [0.15, 0.2) is 73.3 Å². The molecule has 0 aliphatic rings. The Kier molecular flexibility index (Phi) is 5.73. The van der Waals surface area contributed by atoms with Gasteiger partial charge in [0.1, 0.15) is 5.82 Å². The van der Waals surface area contributed by atoms with Crippen LogP contribution in [0.5, 0.6) is 0 Å². The van der Waals surface area contributed by atoms with Gasteiger partial charge < -0.3 is 4.57 Å². The summed E-state index contributed by atoms with van der Waals surface area (Å²) in [5.74, 6) is -2.05. The maximum Gasteiger partial charge on any atom is 0.270 e. The van der Waals surface area contributed by atoms with Crippen molar-refractivity contribution >= 4 is 17.1 Å². The van der Waals surface area contributed by atoms with Gasteiger partial charge in [-0.3, -0.25) is 0 Å². The van der Waals surface area contributed by atoms with Gasteiger partial charge in [-0.15, -0.1) is 0 Å². The van der Waals surface area contributed by atoms with Gasteiger partial charge in [-0.1, -0.05) is 74.2 Å². The van der Waals surface area contributed by atoms with E-state index in [0.29, 0.717) is 18.5 Å². The summed E-state index contributed by atoms with van der Waals surface area (Å²) in [6, 6.07) is 21.2. The molecule has 0 fully saturated rings. The van der Waals surface area contributed by atoms with Gasteiger partial charge in [0.15, 0.2) is 0 Å². The first-order valence-electron chi connectivity index (χ1n) is 10.5. The molecule has 0 spiro atoms. The fourth-order valence-electron chi connectivity index (χ4n) is 3.97. The van der Waals surface area contributed by atoms with Gasteiger partial charge in [-0.2, -0.15) is 0 Å². The molecule has 4 aromatic rings. The highest BCUT2D eigenvalue weighted by Gasteiger charge is 2.27. The minimum atomic E-state index is -2.90. The number of benzene rings is 3. The lowest BCUT2D eigenvalue weighted by atomic mass is 10.0. The molecular weight excluding hydrogens is 390 g/mol. The highest BCUT2D eigenvalue weighted by atomic mass is 19.3. The third-order valence-corrected chi connectivity index (χ3v) is 5.70. The van der Waals surface area contributed by atoms with Crippen LogP contribution in [0.2, 0.25) is 0 Å². The number of imidazole rings is 1. The topological polar surface area (TPSA) is 17.8 Å². The molecule has 4 heteroatoms. The number of halogens is 2. The van der Waals surface area contributed by atoms with Crippen LogP contribution in [0.1, 0.15) is 47.5 Å². The van der Waals surface area contributed by atoms with E-state index in [1.807, 2.05) is 24.3 Å². The highest BCUT2D eigenvalue weighted by molar-refractivity contribution is 5.79. The Morgan fingerprint density at radius 3 is 2.39 bits per heavy atom. The van der Waals surface area contributed by atoms with Gasteiger partial charge >= 0.3 is 0 Å². The third kappa shape index (κ3) is 4.43. The number of rotatable bonds is 7. The molecule has 1 aromatic heterocycles. The second kappa shape index (κ2) is 8.46. The van der Waals surface area contributed by atoms with Crippen molar-refractivity contribution in [3.8, 4) is 0 Å². The molecule has 31 heavy (non-hydrogen) atoms. The van der Waals surface area contributed by atoms with Crippen LogP contribution in [0.25, 0.3) is 17.1 Å². The maximum atomic E-state index is 14.2. The van der Waals surface area contributed by atoms with Crippen molar-refractivity contribution in [2.75, 3.05) is 0 Å². The van der Waals surface area contributed by atoms with Crippen molar-refractivity contribution in [1.29, 1.82) is 0 Å². The van der Waals surface area contributed by atoms with Crippen molar-refractivity contribution in [2.24, 2.45) is 0 Å². The smallest absolute Gasteiger partial charge is 0.270 e. The van der Waals surface area contributed by atoms with E-state index in [4.69, 9.17) is 4.98 Å². The van der Waals surface area contributed by atoms with Crippen LogP contribution in [-0.2, 0) is 25.3 Å². The molecule has 158 valence electrons. The van der Waals surface area contributed by atoms with Gasteiger partial charge in [0, 0.05) is 25.5 Å². The molecule has 0 unspecified atom stereocenters. The van der Waals surface area contributed by atoms with E-state index in [0.717, 1.165) is 41.3 Å². The average molecular weight is 417 g/mol. The molecule has 2 nitrogen and oxygen atoms in total. The first-order valence-corrected chi connectivity index (χ1v) is 10.5. The van der Waals surface area contributed by atoms with E-state index >= 15 is 0 Å². The molecule has 4 rings (SSSR count). The zero-order chi connectivity index (χ0) is 22.0. The first-order chi connectivity index (χ1) is 14.9. The molecule has 0 amide bonds. The quantitative estimate of drug-likeness (QED) is 0.317. The zero-order valence-electron chi connectivity index (χ0n) is 17.9. The molecule has 0 aliphatic carbocycles. The molecule has 3 aromatic carbocycles. The second-order valence-corrected chi connectivity index (χ2v) is 7.96. The van der Waals surface area contributed by atoms with Gasteiger partial charge in [-0.25, -0.2) is 13.8 Å². The molecule has 0 N–H and O–H groups in total. The number of alkyl halides is 2. The number of nitrogens with zero attached hydrogens (tertiary/aromatic N) is 2. The number of hydrogen-bond acceptors (Lipinski definition) is 1. The summed E-state index contributed by atoms with van der Waals surface area (Å²) in [4.78, 5) is 4.87. The van der Waals surface area contributed by atoms with Crippen LogP contribution in [0.3, 0.4) is 0 Å². The molecule has 1 heterocycles. The lowest BCUT2D eigenvalue weighted by Gasteiger charge is -2.17. The van der Waals surface area contributed by atoms with Crippen molar-refractivity contribution < 1.29 is 8.78 Å². The maximum absolute atomic E-state index is 14.2. The standard InChI is InChI=1S/C27H26F2N2/c1-4-19-10-12-21(13-11-19)17-26-30-24-16-20(5-2)14-15-25(24)31(26)18-22-8-6-7-9-23(22)27(3,28)29/h5-16H,2,4,17-18H2,1,3H3. The van der Waals surface area contributed by atoms with Crippen LogP contribution < -0.4 is 0 Å². The summed E-state index contributed by atoms with van der Waals surface area (Å²) >= 11 is 0. The minimum absolute atomic E-state index is 0.0535. The summed E-state index contributed by atoms with van der Waals surface area (Å²) in [6.45, 7) is 7.26. The largest absolute Gasteiger partial charge is 0.323 e. The van der Waals surface area contributed by atoms with Crippen molar-refractivity contribution in [1.82, 2.24) is 9.55 Å². The average Bonchev–Trinajstić information content (AvgIpc) is 3.10. The number of fused-ring (bicyclic) bond motifs is 1. The van der Waals surface area contributed by atoms with Crippen LogP contribution in [0, 0.1) is 0 Å². The van der Waals surface area contributed by atoms with Gasteiger partial charge in [0.05, 0.1) is 11.0 Å². The summed E-state index contributed by atoms with van der Waals surface area (Å²) in [5, 5.41) is 0. The molecule has 0 radical (unpaired) electrons. The summed E-state index contributed by atoms with van der Waals surface area (Å²) in [7, 11) is 0. The molecular formula is C27H26F2N2. The predicted molar refractivity (Wildman–Crippen MR) is 124 cm³/mol. The normalized spacial score (nSPS) is 11.7. The van der Waals surface area contributed by atoms with Crippen molar-refractivity contribution in [3.63, 3.8) is 0 Å². The fourth-order valence-corrected chi connectivity index (χ4v) is 3.97. The monoisotopic (exact) mass is 416 g/mol. The molecule has 0 saturated carbocycles. The Bertz CT molecular complexity index is 1210. The van der Waals surface area contributed by atoms with Gasteiger partial charge in [-0.05, 0) is 40.8 Å². The van der Waals surface area contributed by atoms with E-state index in [2.05, 4.69) is 42.3 Å². The Balaban J connectivity index is 1.81. The van der Waals surface area contributed by atoms with E-state index < -0.39 is 5.92 Å². The number of aryl methyl sites for hydroxylation is 1. The first kappa shape index (κ1) is 21.0. The van der Waals surface area contributed by atoms with Crippen molar-refractivity contribution in [2.45, 2.75) is 39.2 Å². The van der Waals surface area contributed by atoms with Crippen LogP contribution >= 0.6 is 0 Å². The molecule has 0 aliphatic heterocycles. The highest BCUT2D eigenvalue weighted by Crippen LogP contribution is 2.31. The number of hydrogen-bond donors (Lipinski definition) is 0. The van der Waals surface area contributed by atoms with Crippen molar-refractivity contribution in [3.05, 3.63) is 107 Å². The lowest BCUT2D eigenvalue weighted by Crippen LogP contribution is -2.14. The Labute approximate surface area is 181 Å². The second-order valence-electron chi connectivity index (χ2n) is 7.96. The molecule has 0 atom stereocenters. The summed E-state index contributed by atoms with van der Waals surface area (Å²) in [6.07, 6.45) is 3.41. The van der Waals surface area contributed by atoms with E-state index in [1.54, 1.807) is 18.2 Å². The Morgan fingerprint density at radius 1 is 1.00 bits per heavy atom. The Morgan fingerprint density at radius 2 is 1.71 bits per heavy atom.